The van der Waals surface area contributed by atoms with Crippen molar-refractivity contribution in [1.82, 2.24) is 9.78 Å². The van der Waals surface area contributed by atoms with E-state index in [1.807, 2.05) is 24.3 Å². The minimum atomic E-state index is 0.552. The molecule has 0 amide bonds. The molecule has 3 nitrogen and oxygen atoms in total. The minimum absolute atomic E-state index is 0.552. The van der Waals surface area contributed by atoms with Gasteiger partial charge in [-0.2, -0.15) is 5.10 Å². The molecule has 0 unspecified atom stereocenters. The van der Waals surface area contributed by atoms with Crippen LogP contribution in [0, 0.1) is 0 Å². The third-order valence-corrected chi connectivity index (χ3v) is 3.86. The first-order valence-electron chi connectivity index (χ1n) is 5.81. The maximum atomic E-state index is 6.32. The Bertz CT molecular complexity index is 580. The second-order valence-corrected chi connectivity index (χ2v) is 5.03. The lowest BCUT2D eigenvalue weighted by atomic mass is 10.2. The molecule has 0 bridgehead atoms. The average Bonchev–Trinajstić information content (AvgIpc) is 2.70. The molecule has 1 aromatic heterocycles. The topological polar surface area (TPSA) is 27.1 Å². The van der Waals surface area contributed by atoms with Gasteiger partial charge in [0.2, 0.25) is 0 Å². The van der Waals surface area contributed by atoms with E-state index in [1.165, 1.54) is 0 Å². The lowest BCUT2D eigenvalue weighted by Gasteiger charge is -2.09. The molecule has 2 heterocycles. The van der Waals surface area contributed by atoms with Crippen molar-refractivity contribution in [1.29, 1.82) is 0 Å². The molecule has 2 aromatic rings. The highest BCUT2D eigenvalue weighted by molar-refractivity contribution is 6.31. The van der Waals surface area contributed by atoms with E-state index in [2.05, 4.69) is 5.10 Å². The van der Waals surface area contributed by atoms with Crippen molar-refractivity contribution >= 4 is 23.2 Å². The Kier molecular flexibility index (Phi) is 3.29. The summed E-state index contributed by atoms with van der Waals surface area (Å²) in [7, 11) is 0. The fourth-order valence-electron chi connectivity index (χ4n) is 2.10. The summed E-state index contributed by atoms with van der Waals surface area (Å²) in [6.07, 6.45) is 0.824. The number of fused-ring (bicyclic) bond motifs is 1. The van der Waals surface area contributed by atoms with E-state index in [4.69, 9.17) is 27.9 Å². The molecule has 0 radical (unpaired) electrons. The second-order valence-electron chi connectivity index (χ2n) is 4.27. The molecule has 18 heavy (non-hydrogen) atoms. The molecular weight excluding hydrogens is 271 g/mol. The molecule has 0 saturated carbocycles. The summed E-state index contributed by atoms with van der Waals surface area (Å²) in [6.45, 7) is 1.86. The van der Waals surface area contributed by atoms with Gasteiger partial charge in [-0.25, -0.2) is 4.68 Å². The summed E-state index contributed by atoms with van der Waals surface area (Å²) in [5, 5.41) is 5.92. The lowest BCUT2D eigenvalue weighted by Crippen LogP contribution is -2.08. The molecule has 0 spiro atoms. The summed E-state index contributed by atoms with van der Waals surface area (Å²) < 4.78 is 7.19. The first kappa shape index (κ1) is 12.0. The van der Waals surface area contributed by atoms with E-state index < -0.39 is 0 Å². The highest BCUT2D eigenvalue weighted by atomic mass is 35.5. The zero-order valence-corrected chi connectivity index (χ0v) is 11.2. The van der Waals surface area contributed by atoms with Crippen molar-refractivity contribution in [2.75, 3.05) is 6.61 Å². The fourth-order valence-corrected chi connectivity index (χ4v) is 2.56. The molecule has 0 N–H and O–H groups in total. The van der Waals surface area contributed by atoms with E-state index in [9.17, 15) is 0 Å². The first-order chi connectivity index (χ1) is 8.75. The van der Waals surface area contributed by atoms with Gasteiger partial charge in [-0.1, -0.05) is 41.4 Å². The number of ether oxygens (including phenoxy) is 1. The zero-order chi connectivity index (χ0) is 12.5. The molecule has 0 atom stereocenters. The van der Waals surface area contributed by atoms with Crippen LogP contribution >= 0.6 is 23.2 Å². The normalized spacial score (nSPS) is 14.6. The van der Waals surface area contributed by atoms with E-state index >= 15 is 0 Å². The summed E-state index contributed by atoms with van der Waals surface area (Å²) in [6, 6.07) is 7.73. The number of hydrogen-bond acceptors (Lipinski definition) is 2. The maximum Gasteiger partial charge on any atom is 0.133 e. The summed E-state index contributed by atoms with van der Waals surface area (Å²) >= 11 is 12.5. The highest BCUT2D eigenvalue weighted by Crippen LogP contribution is 2.26. The molecular formula is C13H12Cl2N2O. The van der Waals surface area contributed by atoms with Crippen molar-refractivity contribution in [2.45, 2.75) is 19.6 Å². The largest absolute Gasteiger partial charge is 0.376 e. The van der Waals surface area contributed by atoms with Gasteiger partial charge in [0.15, 0.2) is 0 Å². The number of nitrogens with zero attached hydrogens (tertiary/aromatic N) is 2. The SMILES string of the molecule is Clc1ccccc1Cn1nc2c(c1Cl)COCC2. The van der Waals surface area contributed by atoms with Gasteiger partial charge in [-0.15, -0.1) is 0 Å². The van der Waals surface area contributed by atoms with E-state index in [0.717, 1.165) is 28.3 Å². The fraction of sp³-hybridized carbons (Fsp3) is 0.308. The number of rotatable bonds is 2. The van der Waals surface area contributed by atoms with Crippen LogP contribution in [0.2, 0.25) is 10.2 Å². The Morgan fingerprint density at radius 3 is 2.89 bits per heavy atom. The van der Waals surface area contributed by atoms with Crippen LogP contribution in [0.15, 0.2) is 24.3 Å². The van der Waals surface area contributed by atoms with Crippen molar-refractivity contribution in [3.8, 4) is 0 Å². The summed E-state index contributed by atoms with van der Waals surface area (Å²) in [5.41, 5.74) is 3.06. The predicted octanol–water partition coefficient (Wildman–Crippen LogP) is 3.31. The van der Waals surface area contributed by atoms with Crippen molar-refractivity contribution in [3.05, 3.63) is 51.3 Å². The Morgan fingerprint density at radius 2 is 2.11 bits per heavy atom. The van der Waals surface area contributed by atoms with Gasteiger partial charge in [0.05, 0.1) is 25.5 Å². The lowest BCUT2D eigenvalue weighted by molar-refractivity contribution is 0.110. The third-order valence-electron chi connectivity index (χ3n) is 3.07. The molecule has 1 aliphatic rings. The van der Waals surface area contributed by atoms with Crippen LogP contribution in [0.3, 0.4) is 0 Å². The Morgan fingerprint density at radius 1 is 1.28 bits per heavy atom. The van der Waals surface area contributed by atoms with Gasteiger partial charge in [0.1, 0.15) is 5.15 Å². The molecule has 0 fully saturated rings. The van der Waals surface area contributed by atoms with Crippen molar-refractivity contribution < 1.29 is 4.74 Å². The molecule has 3 rings (SSSR count). The molecule has 0 saturated heterocycles. The zero-order valence-electron chi connectivity index (χ0n) is 9.70. The highest BCUT2D eigenvalue weighted by Gasteiger charge is 2.20. The molecule has 94 valence electrons. The number of halogens is 2. The van der Waals surface area contributed by atoms with Crippen LogP contribution in [-0.4, -0.2) is 16.4 Å². The molecule has 1 aliphatic heterocycles. The van der Waals surface area contributed by atoms with E-state index in [0.29, 0.717) is 24.9 Å². The molecule has 0 aliphatic carbocycles. The number of benzene rings is 1. The van der Waals surface area contributed by atoms with E-state index in [1.54, 1.807) is 4.68 Å². The van der Waals surface area contributed by atoms with Crippen LogP contribution in [0.5, 0.6) is 0 Å². The summed E-state index contributed by atoms with van der Waals surface area (Å²) in [5.74, 6) is 0. The monoisotopic (exact) mass is 282 g/mol. The Balaban J connectivity index is 1.94. The van der Waals surface area contributed by atoms with Gasteiger partial charge >= 0.3 is 0 Å². The third kappa shape index (κ3) is 2.14. The Labute approximate surface area is 115 Å². The Hall–Kier alpha value is -1.03. The van der Waals surface area contributed by atoms with Crippen molar-refractivity contribution in [2.24, 2.45) is 0 Å². The van der Waals surface area contributed by atoms with Crippen LogP contribution in [0.4, 0.5) is 0 Å². The van der Waals surface area contributed by atoms with Crippen LogP contribution < -0.4 is 0 Å². The molecule has 5 heteroatoms. The minimum Gasteiger partial charge on any atom is -0.376 e. The number of aromatic nitrogens is 2. The van der Waals surface area contributed by atoms with Crippen LogP contribution in [0.1, 0.15) is 16.8 Å². The van der Waals surface area contributed by atoms with Crippen molar-refractivity contribution in [3.63, 3.8) is 0 Å². The van der Waals surface area contributed by atoms with Gasteiger partial charge in [-0.3, -0.25) is 0 Å². The van der Waals surface area contributed by atoms with E-state index in [-0.39, 0.29) is 0 Å². The summed E-state index contributed by atoms with van der Waals surface area (Å²) in [4.78, 5) is 0. The molecule has 1 aromatic carbocycles. The maximum absolute atomic E-state index is 6.32. The van der Waals surface area contributed by atoms with Gasteiger partial charge in [-0.05, 0) is 11.6 Å². The van der Waals surface area contributed by atoms with Gasteiger partial charge in [0.25, 0.3) is 0 Å². The number of hydrogen-bond donors (Lipinski definition) is 0. The first-order valence-corrected chi connectivity index (χ1v) is 6.56. The predicted molar refractivity (Wildman–Crippen MR) is 71.2 cm³/mol. The average molecular weight is 283 g/mol. The standard InChI is InChI=1S/C13H12Cl2N2O/c14-11-4-2-1-3-9(11)7-17-13(15)10-8-18-6-5-12(10)16-17/h1-4H,5-8H2. The van der Waals surface area contributed by atoms with Gasteiger partial charge in [0, 0.05) is 17.0 Å². The van der Waals surface area contributed by atoms with Crippen LogP contribution in [-0.2, 0) is 24.3 Å². The smallest absolute Gasteiger partial charge is 0.133 e. The second kappa shape index (κ2) is 4.92. The quantitative estimate of drug-likeness (QED) is 0.845. The van der Waals surface area contributed by atoms with Crippen LogP contribution in [0.25, 0.3) is 0 Å². The van der Waals surface area contributed by atoms with Gasteiger partial charge < -0.3 is 4.74 Å².